The zero-order valence-corrected chi connectivity index (χ0v) is 16.2. The van der Waals surface area contributed by atoms with E-state index in [-0.39, 0.29) is 18.5 Å². The molecule has 0 unspecified atom stereocenters. The lowest BCUT2D eigenvalue weighted by molar-refractivity contribution is -0.142. The monoisotopic (exact) mass is 386 g/mol. The van der Waals surface area contributed by atoms with Gasteiger partial charge < -0.3 is 23.7 Å². The first-order chi connectivity index (χ1) is 13.4. The van der Waals surface area contributed by atoms with Crippen molar-refractivity contribution in [2.45, 2.75) is 25.9 Å². The molecule has 1 aliphatic rings. The van der Waals surface area contributed by atoms with Crippen LogP contribution in [0.3, 0.4) is 0 Å². The highest BCUT2D eigenvalue weighted by Crippen LogP contribution is 2.51. The minimum absolute atomic E-state index is 0.161. The van der Waals surface area contributed by atoms with Gasteiger partial charge in [-0.25, -0.2) is 0 Å². The Morgan fingerprint density at radius 2 is 1.71 bits per heavy atom. The van der Waals surface area contributed by atoms with Gasteiger partial charge in [-0.1, -0.05) is 18.2 Å². The molecular formula is C21H22O7. The molecule has 2 aromatic carbocycles. The number of esters is 2. The predicted molar refractivity (Wildman–Crippen MR) is 100 cm³/mol. The van der Waals surface area contributed by atoms with Crippen molar-refractivity contribution in [1.29, 1.82) is 0 Å². The summed E-state index contributed by atoms with van der Waals surface area (Å²) in [6, 6.07) is 10.8. The molecule has 0 amide bonds. The number of para-hydroxylation sites is 1. The van der Waals surface area contributed by atoms with E-state index in [4.69, 9.17) is 23.7 Å². The third-order valence-electron chi connectivity index (χ3n) is 4.48. The summed E-state index contributed by atoms with van der Waals surface area (Å²) < 4.78 is 27.4. The molecule has 0 saturated heterocycles. The van der Waals surface area contributed by atoms with E-state index < -0.39 is 12.1 Å². The van der Waals surface area contributed by atoms with E-state index in [1.54, 1.807) is 25.3 Å². The summed E-state index contributed by atoms with van der Waals surface area (Å²) in [4.78, 5) is 22.6. The van der Waals surface area contributed by atoms with Crippen molar-refractivity contribution in [3.05, 3.63) is 47.5 Å². The Morgan fingerprint density at radius 3 is 2.36 bits per heavy atom. The predicted octanol–water partition coefficient (Wildman–Crippen LogP) is 3.41. The van der Waals surface area contributed by atoms with Crippen LogP contribution in [0.25, 0.3) is 0 Å². The van der Waals surface area contributed by atoms with E-state index in [0.29, 0.717) is 23.0 Å². The Balaban J connectivity index is 1.99. The maximum atomic E-state index is 11.4. The lowest BCUT2D eigenvalue weighted by Gasteiger charge is -2.20. The topological polar surface area (TPSA) is 80.3 Å². The highest BCUT2D eigenvalue weighted by Gasteiger charge is 2.38. The highest BCUT2D eigenvalue weighted by atomic mass is 16.6. The number of carbonyl (C=O) groups is 2. The second-order valence-corrected chi connectivity index (χ2v) is 6.33. The van der Waals surface area contributed by atoms with Crippen molar-refractivity contribution in [3.63, 3.8) is 0 Å². The maximum Gasteiger partial charge on any atom is 0.308 e. The summed E-state index contributed by atoms with van der Waals surface area (Å²) in [7, 11) is 3.07. The van der Waals surface area contributed by atoms with Gasteiger partial charge in [-0.15, -0.1) is 0 Å². The molecule has 0 radical (unpaired) electrons. The molecule has 0 N–H and O–H groups in total. The molecule has 28 heavy (non-hydrogen) atoms. The van der Waals surface area contributed by atoms with Crippen LogP contribution >= 0.6 is 0 Å². The average molecular weight is 386 g/mol. The van der Waals surface area contributed by atoms with Crippen molar-refractivity contribution in [2.75, 3.05) is 20.8 Å². The van der Waals surface area contributed by atoms with Crippen LogP contribution in [0, 0.1) is 0 Å². The largest absolute Gasteiger partial charge is 0.493 e. The van der Waals surface area contributed by atoms with Crippen LogP contribution in [0.4, 0.5) is 0 Å². The molecule has 1 aliphatic heterocycles. The van der Waals surface area contributed by atoms with E-state index in [9.17, 15) is 9.59 Å². The fourth-order valence-corrected chi connectivity index (χ4v) is 3.27. The zero-order valence-electron chi connectivity index (χ0n) is 16.2. The summed E-state index contributed by atoms with van der Waals surface area (Å²) in [6.45, 7) is 2.86. The fourth-order valence-electron chi connectivity index (χ4n) is 3.27. The van der Waals surface area contributed by atoms with Crippen molar-refractivity contribution in [3.8, 4) is 23.0 Å². The van der Waals surface area contributed by atoms with E-state index in [2.05, 4.69) is 0 Å². The van der Waals surface area contributed by atoms with Crippen LogP contribution in [-0.4, -0.2) is 32.8 Å². The number of hydrogen-bond donors (Lipinski definition) is 0. The summed E-state index contributed by atoms with van der Waals surface area (Å²) in [5.41, 5.74) is 1.69. The average Bonchev–Trinajstić information content (AvgIpc) is 3.04. The van der Waals surface area contributed by atoms with E-state index in [0.717, 1.165) is 11.1 Å². The first-order valence-corrected chi connectivity index (χ1v) is 8.77. The highest BCUT2D eigenvalue weighted by molar-refractivity contribution is 5.70. The third-order valence-corrected chi connectivity index (χ3v) is 4.48. The van der Waals surface area contributed by atoms with Crippen LogP contribution in [0.1, 0.15) is 37.0 Å². The molecule has 148 valence electrons. The number of carbonyl (C=O) groups excluding carboxylic acids is 2. The number of ether oxygens (including phenoxy) is 5. The van der Waals surface area contributed by atoms with Gasteiger partial charge in [0.05, 0.1) is 20.1 Å². The number of methoxy groups -OCH3 is 2. The SMILES string of the molecule is COc1cc([C@H]2Oc3c(OC)cccc3[C@@H]2COC(C)=O)ccc1OC(C)=O. The molecule has 0 bridgehead atoms. The smallest absolute Gasteiger partial charge is 0.308 e. The molecule has 0 saturated carbocycles. The molecule has 2 atom stereocenters. The normalized spacial score (nSPS) is 17.3. The van der Waals surface area contributed by atoms with Crippen LogP contribution in [0.2, 0.25) is 0 Å². The Kier molecular flexibility index (Phi) is 5.73. The molecule has 7 nitrogen and oxygen atoms in total. The first kappa shape index (κ1) is 19.5. The molecule has 7 heteroatoms. The van der Waals surface area contributed by atoms with E-state index in [1.807, 2.05) is 18.2 Å². The standard InChI is InChI=1S/C21H22O7/c1-12(22)26-11-16-15-6-5-7-18(24-3)21(15)28-20(16)14-8-9-17(27-13(2)23)19(10-14)25-4/h5-10,16,20H,11H2,1-4H3/t16-,20+/m0/s1. The zero-order chi connectivity index (χ0) is 20.3. The van der Waals surface area contributed by atoms with E-state index in [1.165, 1.54) is 21.0 Å². The minimum Gasteiger partial charge on any atom is -0.493 e. The van der Waals surface area contributed by atoms with Crippen LogP contribution in [0.5, 0.6) is 23.0 Å². The van der Waals surface area contributed by atoms with Gasteiger partial charge in [-0.05, 0) is 23.8 Å². The van der Waals surface area contributed by atoms with Gasteiger partial charge in [-0.3, -0.25) is 9.59 Å². The Morgan fingerprint density at radius 1 is 0.964 bits per heavy atom. The van der Waals surface area contributed by atoms with Gasteiger partial charge in [0.1, 0.15) is 12.7 Å². The fraction of sp³-hybridized carbons (Fsp3) is 0.333. The Labute approximate surface area is 163 Å². The quantitative estimate of drug-likeness (QED) is 0.556. The maximum absolute atomic E-state index is 11.4. The van der Waals surface area contributed by atoms with Gasteiger partial charge in [0.25, 0.3) is 0 Å². The van der Waals surface area contributed by atoms with Crippen LogP contribution in [-0.2, 0) is 14.3 Å². The van der Waals surface area contributed by atoms with Gasteiger partial charge in [0, 0.05) is 19.4 Å². The molecule has 0 aromatic heterocycles. The molecule has 0 fully saturated rings. The van der Waals surface area contributed by atoms with Crippen LogP contribution in [0.15, 0.2) is 36.4 Å². The summed E-state index contributed by atoms with van der Waals surface area (Å²) in [6.07, 6.45) is -0.425. The first-order valence-electron chi connectivity index (χ1n) is 8.77. The van der Waals surface area contributed by atoms with Crippen molar-refractivity contribution < 1.29 is 33.3 Å². The summed E-state index contributed by atoms with van der Waals surface area (Å²) >= 11 is 0. The second kappa shape index (κ2) is 8.21. The lowest BCUT2D eigenvalue weighted by atomic mass is 9.91. The van der Waals surface area contributed by atoms with Gasteiger partial charge in [-0.2, -0.15) is 0 Å². The van der Waals surface area contributed by atoms with Gasteiger partial charge >= 0.3 is 11.9 Å². The Hall–Kier alpha value is -3.22. The lowest BCUT2D eigenvalue weighted by Crippen LogP contribution is -2.17. The van der Waals surface area contributed by atoms with Crippen molar-refractivity contribution in [2.24, 2.45) is 0 Å². The third kappa shape index (κ3) is 3.88. The van der Waals surface area contributed by atoms with Crippen molar-refractivity contribution >= 4 is 11.9 Å². The minimum atomic E-state index is -0.437. The number of fused-ring (bicyclic) bond motifs is 1. The van der Waals surface area contributed by atoms with Crippen molar-refractivity contribution in [1.82, 2.24) is 0 Å². The molecule has 0 aliphatic carbocycles. The number of hydrogen-bond acceptors (Lipinski definition) is 7. The number of rotatable bonds is 6. The summed E-state index contributed by atoms with van der Waals surface area (Å²) in [5, 5.41) is 0. The Bertz CT molecular complexity index is 890. The van der Waals surface area contributed by atoms with Crippen LogP contribution < -0.4 is 18.9 Å². The molecule has 1 heterocycles. The van der Waals surface area contributed by atoms with Gasteiger partial charge in [0.15, 0.2) is 23.0 Å². The molecule has 2 aromatic rings. The molecule has 3 rings (SSSR count). The summed E-state index contributed by atoms with van der Waals surface area (Å²) in [5.74, 6) is 0.935. The number of benzene rings is 2. The molecule has 0 spiro atoms. The molecular weight excluding hydrogens is 364 g/mol. The van der Waals surface area contributed by atoms with Gasteiger partial charge in [0.2, 0.25) is 0 Å². The van der Waals surface area contributed by atoms with E-state index >= 15 is 0 Å². The second-order valence-electron chi connectivity index (χ2n) is 6.33.